The Bertz CT molecular complexity index is 913. The largest absolute Gasteiger partial charge is 0.492 e. The topological polar surface area (TPSA) is 108 Å². The molecule has 0 bridgehead atoms. The predicted molar refractivity (Wildman–Crippen MR) is 102 cm³/mol. The summed E-state index contributed by atoms with van der Waals surface area (Å²) in [5, 5.41) is 20.8. The number of rotatable bonds is 8. The van der Waals surface area contributed by atoms with Gasteiger partial charge in [0.2, 0.25) is 0 Å². The Morgan fingerprint density at radius 3 is 2.72 bits per heavy atom. The van der Waals surface area contributed by atoms with Crippen molar-refractivity contribution in [1.82, 2.24) is 15.3 Å². The lowest BCUT2D eigenvalue weighted by Gasteiger charge is -2.28. The number of nitrogens with zero attached hydrogens (tertiary/aromatic N) is 3. The Morgan fingerprint density at radius 2 is 2.10 bits per heavy atom. The van der Waals surface area contributed by atoms with Crippen LogP contribution in [0.4, 0.5) is 13.6 Å². The molecular formula is C20H22F2N4O3. The summed E-state index contributed by atoms with van der Waals surface area (Å²) < 4.78 is 31.3. The van der Waals surface area contributed by atoms with Gasteiger partial charge in [-0.2, -0.15) is 5.26 Å². The molecule has 1 aromatic heterocycles. The van der Waals surface area contributed by atoms with Crippen molar-refractivity contribution >= 4 is 6.09 Å². The highest BCUT2D eigenvalue weighted by Crippen LogP contribution is 2.27. The van der Waals surface area contributed by atoms with E-state index in [-0.39, 0.29) is 23.8 Å². The number of amides is 1. The fourth-order valence-electron chi connectivity index (χ4n) is 3.04. The molecule has 0 saturated carbocycles. The molecule has 1 atom stereocenters. The molecule has 2 aromatic rings. The maximum absolute atomic E-state index is 12.8. The van der Waals surface area contributed by atoms with E-state index < -0.39 is 23.9 Å². The first-order valence-electron chi connectivity index (χ1n) is 8.91. The van der Waals surface area contributed by atoms with Crippen LogP contribution in [0.5, 0.6) is 5.75 Å². The fraction of sp³-hybridized carbons (Fsp3) is 0.400. The third-order valence-electron chi connectivity index (χ3n) is 4.09. The molecule has 1 aromatic carbocycles. The van der Waals surface area contributed by atoms with Crippen LogP contribution in [0, 0.1) is 17.2 Å². The summed E-state index contributed by atoms with van der Waals surface area (Å²) >= 11 is 0. The molecule has 1 amide bonds. The van der Waals surface area contributed by atoms with E-state index in [1.54, 1.807) is 26.0 Å². The molecular weight excluding hydrogens is 382 g/mol. The number of ether oxygens (including phenoxy) is 1. The van der Waals surface area contributed by atoms with Gasteiger partial charge in [-0.1, -0.05) is 6.92 Å². The highest BCUT2D eigenvalue weighted by Gasteiger charge is 2.23. The Morgan fingerprint density at radius 1 is 1.38 bits per heavy atom. The minimum absolute atomic E-state index is 0.0125. The number of hydrogen-bond acceptors (Lipinski definition) is 5. The van der Waals surface area contributed by atoms with Gasteiger partial charge in [0, 0.05) is 17.3 Å². The standard InChI is InChI=1S/C20H22F2N4O3/c1-12(9-20(2,3)26-19(27)28)11-29-16-5-4-13(8-14(16)10-23)15-6-7-24-18(25-15)17(21)22/h4-8,12,17,26H,9,11H2,1-3H3,(H,27,28)/t12-/m0/s1. The van der Waals surface area contributed by atoms with E-state index >= 15 is 0 Å². The molecule has 0 saturated heterocycles. The van der Waals surface area contributed by atoms with E-state index in [0.29, 0.717) is 17.7 Å². The van der Waals surface area contributed by atoms with E-state index in [2.05, 4.69) is 15.3 Å². The summed E-state index contributed by atoms with van der Waals surface area (Å²) in [5.74, 6) is -0.207. The molecule has 29 heavy (non-hydrogen) atoms. The van der Waals surface area contributed by atoms with Crippen LogP contribution in [0.25, 0.3) is 11.3 Å². The SMILES string of the molecule is C[C@H](COc1ccc(-c2ccnc(C(F)F)n2)cc1C#N)CC(C)(C)NC(=O)O. The first-order chi connectivity index (χ1) is 13.6. The van der Waals surface area contributed by atoms with Crippen LogP contribution in [0.15, 0.2) is 30.5 Å². The molecule has 154 valence electrons. The molecule has 2 N–H and O–H groups in total. The van der Waals surface area contributed by atoms with Gasteiger partial charge >= 0.3 is 6.09 Å². The average molecular weight is 404 g/mol. The summed E-state index contributed by atoms with van der Waals surface area (Å²) in [6.45, 7) is 5.76. The molecule has 2 rings (SSSR count). The van der Waals surface area contributed by atoms with Crippen molar-refractivity contribution < 1.29 is 23.4 Å². The second-order valence-electron chi connectivity index (χ2n) is 7.36. The summed E-state index contributed by atoms with van der Waals surface area (Å²) in [6, 6.07) is 8.27. The van der Waals surface area contributed by atoms with Gasteiger partial charge in [-0.15, -0.1) is 0 Å². The number of nitriles is 1. The van der Waals surface area contributed by atoms with Gasteiger partial charge in [-0.3, -0.25) is 0 Å². The minimum atomic E-state index is -2.78. The molecule has 0 unspecified atom stereocenters. The lowest BCUT2D eigenvalue weighted by molar-refractivity contribution is 0.140. The van der Waals surface area contributed by atoms with E-state index in [1.807, 2.05) is 13.0 Å². The minimum Gasteiger partial charge on any atom is -0.492 e. The quantitative estimate of drug-likeness (QED) is 0.675. The molecule has 0 aliphatic heterocycles. The number of carboxylic acid groups (broad SMARTS) is 1. The second-order valence-corrected chi connectivity index (χ2v) is 7.36. The van der Waals surface area contributed by atoms with Crippen molar-refractivity contribution in [2.24, 2.45) is 5.92 Å². The molecule has 0 aliphatic carbocycles. The van der Waals surface area contributed by atoms with E-state index in [1.165, 1.54) is 18.3 Å². The van der Waals surface area contributed by atoms with Crippen LogP contribution >= 0.6 is 0 Å². The maximum Gasteiger partial charge on any atom is 0.405 e. The first-order valence-corrected chi connectivity index (χ1v) is 8.91. The number of hydrogen-bond donors (Lipinski definition) is 2. The van der Waals surface area contributed by atoms with Gasteiger partial charge in [0.05, 0.1) is 17.9 Å². The average Bonchev–Trinajstić information content (AvgIpc) is 2.64. The van der Waals surface area contributed by atoms with Crippen LogP contribution in [0.1, 0.15) is 45.0 Å². The van der Waals surface area contributed by atoms with Gasteiger partial charge in [0.1, 0.15) is 11.8 Å². The van der Waals surface area contributed by atoms with Crippen molar-refractivity contribution in [2.75, 3.05) is 6.61 Å². The molecule has 9 heteroatoms. The zero-order chi connectivity index (χ0) is 21.6. The van der Waals surface area contributed by atoms with Crippen LogP contribution in [-0.2, 0) is 0 Å². The number of carbonyl (C=O) groups is 1. The molecule has 0 spiro atoms. The Kier molecular flexibility index (Phi) is 7.04. The van der Waals surface area contributed by atoms with E-state index in [9.17, 15) is 18.8 Å². The first kappa shape index (κ1) is 22.0. The van der Waals surface area contributed by atoms with Crippen LogP contribution in [0.3, 0.4) is 0 Å². The zero-order valence-corrected chi connectivity index (χ0v) is 16.3. The van der Waals surface area contributed by atoms with Gasteiger partial charge < -0.3 is 15.2 Å². The van der Waals surface area contributed by atoms with Crippen molar-refractivity contribution in [3.05, 3.63) is 41.9 Å². The van der Waals surface area contributed by atoms with Crippen molar-refractivity contribution in [2.45, 2.75) is 39.2 Å². The third kappa shape index (κ3) is 6.38. The highest BCUT2D eigenvalue weighted by atomic mass is 19.3. The van der Waals surface area contributed by atoms with Crippen LogP contribution < -0.4 is 10.1 Å². The smallest absolute Gasteiger partial charge is 0.405 e. The number of halogens is 2. The monoisotopic (exact) mass is 404 g/mol. The maximum atomic E-state index is 12.8. The predicted octanol–water partition coefficient (Wildman–Crippen LogP) is 4.40. The van der Waals surface area contributed by atoms with Crippen LogP contribution in [-0.4, -0.2) is 33.3 Å². The number of benzene rings is 1. The summed E-state index contributed by atoms with van der Waals surface area (Å²) in [7, 11) is 0. The Labute approximate surface area is 167 Å². The van der Waals surface area contributed by atoms with Crippen molar-refractivity contribution in [3.8, 4) is 23.1 Å². The second kappa shape index (κ2) is 9.28. The van der Waals surface area contributed by atoms with Crippen molar-refractivity contribution in [1.29, 1.82) is 5.26 Å². The van der Waals surface area contributed by atoms with Gasteiger partial charge in [-0.25, -0.2) is 23.5 Å². The highest BCUT2D eigenvalue weighted by molar-refractivity contribution is 5.65. The summed E-state index contributed by atoms with van der Waals surface area (Å²) in [6.07, 6.45) is -2.09. The van der Waals surface area contributed by atoms with E-state index in [0.717, 1.165) is 0 Å². The van der Waals surface area contributed by atoms with Gasteiger partial charge in [0.25, 0.3) is 6.43 Å². The Hall–Kier alpha value is -3.28. The lowest BCUT2D eigenvalue weighted by atomic mass is 9.92. The number of aromatic nitrogens is 2. The molecule has 0 radical (unpaired) electrons. The zero-order valence-electron chi connectivity index (χ0n) is 16.3. The van der Waals surface area contributed by atoms with E-state index in [4.69, 9.17) is 9.84 Å². The molecule has 0 fully saturated rings. The third-order valence-corrected chi connectivity index (χ3v) is 4.09. The molecule has 1 heterocycles. The summed E-state index contributed by atoms with van der Waals surface area (Å²) in [5.41, 5.74) is 0.410. The molecule has 0 aliphatic rings. The van der Waals surface area contributed by atoms with Gasteiger partial charge in [-0.05, 0) is 50.5 Å². The Balaban J connectivity index is 2.11. The molecule has 7 nitrogen and oxygen atoms in total. The summed E-state index contributed by atoms with van der Waals surface area (Å²) in [4.78, 5) is 18.2. The lowest BCUT2D eigenvalue weighted by Crippen LogP contribution is -2.44. The van der Waals surface area contributed by atoms with Crippen LogP contribution in [0.2, 0.25) is 0 Å². The van der Waals surface area contributed by atoms with Gasteiger partial charge in [0.15, 0.2) is 5.82 Å². The fourth-order valence-corrected chi connectivity index (χ4v) is 3.04. The number of nitrogens with one attached hydrogen (secondary N) is 1. The normalized spacial score (nSPS) is 12.3. The number of alkyl halides is 2. The van der Waals surface area contributed by atoms with Crippen molar-refractivity contribution in [3.63, 3.8) is 0 Å².